The quantitative estimate of drug-likeness (QED) is 0.753. The molecule has 1 atom stereocenters. The molecule has 2 N–H and O–H groups in total. The summed E-state index contributed by atoms with van der Waals surface area (Å²) in [7, 11) is 4.51. The zero-order valence-corrected chi connectivity index (χ0v) is 14.8. The van der Waals surface area contributed by atoms with Gasteiger partial charge in [-0.1, -0.05) is 12.1 Å². The molecule has 0 bridgehead atoms. The van der Waals surface area contributed by atoms with E-state index in [0.717, 1.165) is 0 Å². The molecule has 2 aromatic carbocycles. The third-order valence-electron chi connectivity index (χ3n) is 3.86. The van der Waals surface area contributed by atoms with Crippen LogP contribution in [0.1, 0.15) is 28.4 Å². The van der Waals surface area contributed by atoms with E-state index in [1.165, 1.54) is 14.2 Å². The molecule has 7 heteroatoms. The summed E-state index contributed by atoms with van der Waals surface area (Å²) in [5.74, 6) is 0.0756. The predicted octanol–water partition coefficient (Wildman–Crippen LogP) is 2.66. The number of rotatable bonds is 8. The monoisotopic (exact) mass is 359 g/mol. The molecule has 0 aromatic heterocycles. The number of nitrogens with one attached hydrogen (secondary N) is 1. The molecule has 26 heavy (non-hydrogen) atoms. The molecule has 0 fully saturated rings. The minimum absolute atomic E-state index is 0.253. The summed E-state index contributed by atoms with van der Waals surface area (Å²) in [6.45, 7) is 0. The van der Waals surface area contributed by atoms with E-state index >= 15 is 0 Å². The summed E-state index contributed by atoms with van der Waals surface area (Å²) in [5, 5.41) is 11.9. The van der Waals surface area contributed by atoms with Gasteiger partial charge in [0.05, 0.1) is 39.4 Å². The largest absolute Gasteiger partial charge is 0.497 e. The molecule has 0 unspecified atom stereocenters. The number of hydrogen-bond acceptors (Lipinski definition) is 5. The maximum absolute atomic E-state index is 12.7. The van der Waals surface area contributed by atoms with E-state index in [1.54, 1.807) is 49.6 Å². The number of amides is 1. The third-order valence-corrected chi connectivity index (χ3v) is 3.86. The lowest BCUT2D eigenvalue weighted by Gasteiger charge is -2.19. The van der Waals surface area contributed by atoms with Gasteiger partial charge in [-0.05, 0) is 29.8 Å². The van der Waals surface area contributed by atoms with Crippen molar-refractivity contribution in [2.45, 2.75) is 12.5 Å². The van der Waals surface area contributed by atoms with Gasteiger partial charge >= 0.3 is 5.97 Å². The van der Waals surface area contributed by atoms with Crippen molar-refractivity contribution in [1.82, 2.24) is 5.32 Å². The first-order valence-electron chi connectivity index (χ1n) is 7.87. The van der Waals surface area contributed by atoms with Crippen LogP contribution in [0.5, 0.6) is 17.2 Å². The molecular formula is C19H21NO6. The van der Waals surface area contributed by atoms with E-state index < -0.39 is 17.9 Å². The van der Waals surface area contributed by atoms with Crippen molar-refractivity contribution in [3.05, 3.63) is 53.6 Å². The number of methoxy groups -OCH3 is 3. The van der Waals surface area contributed by atoms with Crippen LogP contribution in [0.2, 0.25) is 0 Å². The van der Waals surface area contributed by atoms with Crippen molar-refractivity contribution in [2.75, 3.05) is 21.3 Å². The smallest absolute Gasteiger partial charge is 0.305 e. The lowest BCUT2D eigenvalue weighted by atomic mass is 10.0. The molecule has 2 rings (SSSR count). The van der Waals surface area contributed by atoms with Crippen molar-refractivity contribution in [2.24, 2.45) is 0 Å². The standard InChI is InChI=1S/C19H21NO6/c1-24-13-6-4-12(5-7-13)16(11-18(21)22)20-19(23)15-9-8-14(25-2)10-17(15)26-3/h4-10,16H,11H2,1-3H3,(H,20,23)(H,21,22)/t16-/m1/s1. The second-order valence-corrected chi connectivity index (χ2v) is 5.46. The van der Waals surface area contributed by atoms with Gasteiger partial charge in [-0.15, -0.1) is 0 Å². The first-order chi connectivity index (χ1) is 12.5. The number of carboxylic acids is 1. The van der Waals surface area contributed by atoms with Crippen LogP contribution < -0.4 is 19.5 Å². The number of carbonyl (C=O) groups is 2. The first-order valence-corrected chi connectivity index (χ1v) is 7.87. The predicted molar refractivity (Wildman–Crippen MR) is 95.0 cm³/mol. The lowest BCUT2D eigenvalue weighted by Crippen LogP contribution is -2.30. The Balaban J connectivity index is 2.27. The Morgan fingerprint density at radius 2 is 1.58 bits per heavy atom. The Morgan fingerprint density at radius 1 is 0.962 bits per heavy atom. The van der Waals surface area contributed by atoms with Crippen LogP contribution >= 0.6 is 0 Å². The average Bonchev–Trinajstić information content (AvgIpc) is 2.66. The second-order valence-electron chi connectivity index (χ2n) is 5.46. The molecule has 2 aromatic rings. The molecule has 138 valence electrons. The van der Waals surface area contributed by atoms with Crippen LogP contribution in [0.25, 0.3) is 0 Å². The highest BCUT2D eigenvalue weighted by atomic mass is 16.5. The minimum Gasteiger partial charge on any atom is -0.497 e. The van der Waals surface area contributed by atoms with Crippen LogP contribution in [0.15, 0.2) is 42.5 Å². The minimum atomic E-state index is -1.02. The van der Waals surface area contributed by atoms with Gasteiger partial charge in [0.15, 0.2) is 0 Å². The summed E-state index contributed by atoms with van der Waals surface area (Å²) in [6.07, 6.45) is -0.253. The Morgan fingerprint density at radius 3 is 2.12 bits per heavy atom. The zero-order chi connectivity index (χ0) is 19.1. The number of hydrogen-bond donors (Lipinski definition) is 2. The normalized spacial score (nSPS) is 11.3. The van der Waals surface area contributed by atoms with E-state index in [-0.39, 0.29) is 12.0 Å². The highest BCUT2D eigenvalue weighted by molar-refractivity contribution is 5.97. The fourth-order valence-electron chi connectivity index (χ4n) is 2.49. The molecule has 0 saturated heterocycles. The van der Waals surface area contributed by atoms with Gasteiger partial charge in [-0.3, -0.25) is 9.59 Å². The molecule has 0 radical (unpaired) electrons. The van der Waals surface area contributed by atoms with Gasteiger partial charge in [0.2, 0.25) is 0 Å². The van der Waals surface area contributed by atoms with Gasteiger partial charge in [-0.2, -0.15) is 0 Å². The van der Waals surface area contributed by atoms with Crippen molar-refractivity contribution in [1.29, 1.82) is 0 Å². The molecule has 7 nitrogen and oxygen atoms in total. The van der Waals surface area contributed by atoms with Gasteiger partial charge in [0, 0.05) is 6.07 Å². The summed E-state index contributed by atoms with van der Waals surface area (Å²) in [4.78, 5) is 23.9. The van der Waals surface area contributed by atoms with Crippen molar-refractivity contribution in [3.8, 4) is 17.2 Å². The van der Waals surface area contributed by atoms with Crippen LogP contribution in [0.4, 0.5) is 0 Å². The molecule has 0 spiro atoms. The van der Waals surface area contributed by atoms with Crippen LogP contribution in [0.3, 0.4) is 0 Å². The van der Waals surface area contributed by atoms with Gasteiger partial charge in [0.1, 0.15) is 17.2 Å². The molecule has 0 aliphatic carbocycles. The fourth-order valence-corrected chi connectivity index (χ4v) is 2.49. The van der Waals surface area contributed by atoms with Crippen LogP contribution in [-0.4, -0.2) is 38.3 Å². The Hall–Kier alpha value is -3.22. The number of aliphatic carboxylic acids is 1. The number of benzene rings is 2. The highest BCUT2D eigenvalue weighted by Crippen LogP contribution is 2.26. The van der Waals surface area contributed by atoms with E-state index in [1.807, 2.05) is 0 Å². The van der Waals surface area contributed by atoms with E-state index in [4.69, 9.17) is 14.2 Å². The highest BCUT2D eigenvalue weighted by Gasteiger charge is 2.21. The molecule has 1 amide bonds. The summed E-state index contributed by atoms with van der Waals surface area (Å²) in [6, 6.07) is 11.0. The zero-order valence-electron chi connectivity index (χ0n) is 14.8. The van der Waals surface area contributed by atoms with Crippen molar-refractivity contribution >= 4 is 11.9 Å². The molecule has 0 heterocycles. The average molecular weight is 359 g/mol. The van der Waals surface area contributed by atoms with E-state index in [2.05, 4.69) is 5.32 Å². The Bertz CT molecular complexity index is 772. The summed E-state index contributed by atoms with van der Waals surface area (Å²) >= 11 is 0. The molecule has 0 aliphatic heterocycles. The maximum Gasteiger partial charge on any atom is 0.305 e. The van der Waals surface area contributed by atoms with Crippen LogP contribution in [-0.2, 0) is 4.79 Å². The first kappa shape index (κ1) is 19.1. The van der Waals surface area contributed by atoms with E-state index in [0.29, 0.717) is 22.8 Å². The maximum atomic E-state index is 12.7. The third kappa shape index (κ3) is 4.66. The Labute approximate surface area is 151 Å². The van der Waals surface area contributed by atoms with Crippen molar-refractivity contribution < 1.29 is 28.9 Å². The Kier molecular flexibility index (Phi) is 6.43. The van der Waals surface area contributed by atoms with Crippen molar-refractivity contribution in [3.63, 3.8) is 0 Å². The topological polar surface area (TPSA) is 94.1 Å². The molecular weight excluding hydrogens is 338 g/mol. The summed E-state index contributed by atoms with van der Waals surface area (Å²) < 4.78 is 15.4. The number of carboxylic acid groups (broad SMARTS) is 1. The van der Waals surface area contributed by atoms with Gasteiger partial charge in [0.25, 0.3) is 5.91 Å². The fraction of sp³-hybridized carbons (Fsp3) is 0.263. The van der Waals surface area contributed by atoms with Gasteiger partial charge < -0.3 is 24.6 Å². The number of carbonyl (C=O) groups excluding carboxylic acids is 1. The van der Waals surface area contributed by atoms with Crippen LogP contribution in [0, 0.1) is 0 Å². The SMILES string of the molecule is COc1ccc([C@@H](CC(=O)O)NC(=O)c2ccc(OC)cc2OC)cc1. The molecule has 0 aliphatic rings. The number of ether oxygens (including phenoxy) is 3. The lowest BCUT2D eigenvalue weighted by molar-refractivity contribution is -0.137. The summed E-state index contributed by atoms with van der Waals surface area (Å²) in [5.41, 5.74) is 0.950. The second kappa shape index (κ2) is 8.75. The molecule has 0 saturated carbocycles. The van der Waals surface area contributed by atoms with E-state index in [9.17, 15) is 14.7 Å². The van der Waals surface area contributed by atoms with Gasteiger partial charge in [-0.25, -0.2) is 0 Å².